The average molecular weight is 467 g/mol. The first-order valence-corrected chi connectivity index (χ1v) is 10.5. The monoisotopic (exact) mass is 467 g/mol. The van der Waals surface area contributed by atoms with Crippen molar-refractivity contribution >= 4 is 17.8 Å². The summed E-state index contributed by atoms with van der Waals surface area (Å²) >= 11 is 0. The number of nitrogens with two attached hydrogens (primary N) is 1. The lowest BCUT2D eigenvalue weighted by Gasteiger charge is -2.40. The van der Waals surface area contributed by atoms with Gasteiger partial charge in [0.2, 0.25) is 23.7 Å². The largest absolute Gasteiger partial charge is 0.474 e. The molecule has 0 bridgehead atoms. The van der Waals surface area contributed by atoms with Crippen LogP contribution in [0.25, 0.3) is 11.3 Å². The molecule has 2 aromatic rings. The van der Waals surface area contributed by atoms with Gasteiger partial charge >= 0.3 is 6.18 Å². The second-order valence-electron chi connectivity index (χ2n) is 7.98. The Bertz CT molecular complexity index is 978. The summed E-state index contributed by atoms with van der Waals surface area (Å²) in [6.45, 7) is 2.35. The zero-order valence-corrected chi connectivity index (χ0v) is 18.0. The van der Waals surface area contributed by atoms with Crippen LogP contribution in [-0.4, -0.2) is 82.4 Å². The molecule has 1 saturated carbocycles. The van der Waals surface area contributed by atoms with Gasteiger partial charge in [-0.05, 0) is 0 Å². The highest BCUT2D eigenvalue weighted by atomic mass is 19.4. The Morgan fingerprint density at radius 1 is 1.24 bits per heavy atom. The quantitative estimate of drug-likeness (QED) is 0.676. The van der Waals surface area contributed by atoms with E-state index in [1.54, 1.807) is 18.5 Å². The molecule has 1 aliphatic heterocycles. The SMILES string of the molecule is CN(C(=O)CC(F)(F)F)C1CC(Oc2cc(-c3cnc(N)nc3)nc(N3CCOCC3)n2)C1. The fourth-order valence-electron chi connectivity index (χ4n) is 3.62. The van der Waals surface area contributed by atoms with E-state index in [1.807, 2.05) is 4.90 Å². The van der Waals surface area contributed by atoms with Crippen molar-refractivity contribution < 1.29 is 27.4 Å². The normalized spacial score (nSPS) is 20.8. The predicted molar refractivity (Wildman–Crippen MR) is 111 cm³/mol. The van der Waals surface area contributed by atoms with Crippen LogP contribution < -0.4 is 15.4 Å². The fourth-order valence-corrected chi connectivity index (χ4v) is 3.62. The highest BCUT2D eigenvalue weighted by Crippen LogP contribution is 2.32. The van der Waals surface area contributed by atoms with Gasteiger partial charge in [-0.25, -0.2) is 15.0 Å². The Hall–Kier alpha value is -3.22. The number of ether oxygens (including phenoxy) is 2. The Labute approximate surface area is 187 Å². The van der Waals surface area contributed by atoms with E-state index in [9.17, 15) is 18.0 Å². The van der Waals surface area contributed by atoms with Crippen LogP contribution in [0.5, 0.6) is 5.88 Å². The number of halogens is 3. The van der Waals surface area contributed by atoms with E-state index >= 15 is 0 Å². The molecule has 1 aliphatic carbocycles. The number of aromatic nitrogens is 4. The van der Waals surface area contributed by atoms with Crippen LogP contribution in [0.3, 0.4) is 0 Å². The van der Waals surface area contributed by atoms with E-state index in [1.165, 1.54) is 7.05 Å². The van der Waals surface area contributed by atoms with Gasteiger partial charge in [-0.3, -0.25) is 4.79 Å². The van der Waals surface area contributed by atoms with Crippen LogP contribution in [0.1, 0.15) is 19.3 Å². The van der Waals surface area contributed by atoms with E-state index in [0.717, 1.165) is 4.90 Å². The molecule has 0 aromatic carbocycles. The molecule has 33 heavy (non-hydrogen) atoms. The van der Waals surface area contributed by atoms with Crippen molar-refractivity contribution in [2.24, 2.45) is 0 Å². The second-order valence-corrected chi connectivity index (χ2v) is 7.98. The third-order valence-electron chi connectivity index (χ3n) is 5.60. The molecule has 178 valence electrons. The fraction of sp³-hybridized carbons (Fsp3) is 0.550. The molecule has 2 aliphatic rings. The van der Waals surface area contributed by atoms with E-state index in [2.05, 4.69) is 19.9 Å². The molecule has 2 fully saturated rings. The van der Waals surface area contributed by atoms with Gasteiger partial charge in [0.15, 0.2) is 0 Å². The van der Waals surface area contributed by atoms with Gasteiger partial charge in [-0.1, -0.05) is 0 Å². The van der Waals surface area contributed by atoms with Gasteiger partial charge in [-0.2, -0.15) is 18.2 Å². The number of hydrogen-bond acceptors (Lipinski definition) is 9. The van der Waals surface area contributed by atoms with E-state index < -0.39 is 18.5 Å². The Balaban J connectivity index is 1.46. The Kier molecular flexibility index (Phi) is 6.49. The number of amides is 1. The third kappa shape index (κ3) is 5.78. The summed E-state index contributed by atoms with van der Waals surface area (Å²) < 4.78 is 48.9. The molecule has 0 radical (unpaired) electrons. The lowest BCUT2D eigenvalue weighted by molar-refractivity contribution is -0.164. The molecule has 1 amide bonds. The number of morpholine rings is 1. The highest BCUT2D eigenvalue weighted by Gasteiger charge is 2.39. The summed E-state index contributed by atoms with van der Waals surface area (Å²) in [5.41, 5.74) is 6.76. The summed E-state index contributed by atoms with van der Waals surface area (Å²) in [5.74, 6) is -0.0161. The first-order valence-electron chi connectivity index (χ1n) is 10.5. The molecule has 0 spiro atoms. The highest BCUT2D eigenvalue weighted by molar-refractivity contribution is 5.77. The Morgan fingerprint density at radius 2 is 1.91 bits per heavy atom. The van der Waals surface area contributed by atoms with Crippen molar-refractivity contribution in [2.45, 2.75) is 37.6 Å². The first-order chi connectivity index (χ1) is 15.7. The van der Waals surface area contributed by atoms with E-state index in [-0.39, 0.29) is 18.1 Å². The maximum absolute atomic E-state index is 12.5. The smallest absolute Gasteiger partial charge is 0.397 e. The molecule has 10 nitrogen and oxygen atoms in total. The molecule has 1 saturated heterocycles. The van der Waals surface area contributed by atoms with Crippen molar-refractivity contribution in [1.29, 1.82) is 0 Å². The van der Waals surface area contributed by atoms with Gasteiger partial charge in [0, 0.05) is 63.0 Å². The molecule has 0 unspecified atom stereocenters. The van der Waals surface area contributed by atoms with E-state index in [4.69, 9.17) is 15.2 Å². The maximum Gasteiger partial charge on any atom is 0.397 e. The summed E-state index contributed by atoms with van der Waals surface area (Å²) in [5, 5.41) is 0. The number of rotatable bonds is 6. The van der Waals surface area contributed by atoms with Crippen LogP contribution >= 0.6 is 0 Å². The predicted octanol–water partition coefficient (Wildman–Crippen LogP) is 1.67. The summed E-state index contributed by atoms with van der Waals surface area (Å²) in [4.78, 5) is 32.1. The molecule has 2 aromatic heterocycles. The van der Waals surface area contributed by atoms with Crippen molar-refractivity contribution in [3.05, 3.63) is 18.5 Å². The number of anilines is 2. The van der Waals surface area contributed by atoms with Crippen molar-refractivity contribution in [2.75, 3.05) is 44.0 Å². The van der Waals surface area contributed by atoms with Crippen LogP contribution in [0.2, 0.25) is 0 Å². The zero-order valence-electron chi connectivity index (χ0n) is 18.0. The molecule has 2 N–H and O–H groups in total. The minimum atomic E-state index is -4.52. The number of carbonyl (C=O) groups is 1. The second kappa shape index (κ2) is 9.33. The number of alkyl halides is 3. The van der Waals surface area contributed by atoms with Crippen LogP contribution in [0, 0.1) is 0 Å². The lowest BCUT2D eigenvalue weighted by Crippen LogP contribution is -2.50. The maximum atomic E-state index is 12.5. The van der Waals surface area contributed by atoms with Crippen LogP contribution in [0.15, 0.2) is 18.5 Å². The molecule has 4 rings (SSSR count). The number of hydrogen-bond donors (Lipinski definition) is 1. The minimum Gasteiger partial charge on any atom is -0.474 e. The zero-order chi connectivity index (χ0) is 23.6. The Morgan fingerprint density at radius 3 is 2.55 bits per heavy atom. The molecule has 0 atom stereocenters. The summed E-state index contributed by atoms with van der Waals surface area (Å²) in [6.07, 6.45) is -2.33. The van der Waals surface area contributed by atoms with Crippen molar-refractivity contribution in [3.63, 3.8) is 0 Å². The van der Waals surface area contributed by atoms with Crippen molar-refractivity contribution in [3.8, 4) is 17.1 Å². The number of nitrogen functional groups attached to an aromatic ring is 1. The van der Waals surface area contributed by atoms with Gasteiger partial charge in [0.05, 0.1) is 18.9 Å². The van der Waals surface area contributed by atoms with Crippen LogP contribution in [-0.2, 0) is 9.53 Å². The number of nitrogens with zero attached hydrogens (tertiary/aromatic N) is 6. The van der Waals surface area contributed by atoms with E-state index in [0.29, 0.717) is 62.2 Å². The summed E-state index contributed by atoms with van der Waals surface area (Å²) in [7, 11) is 1.38. The number of carbonyl (C=O) groups excluding carboxylic acids is 1. The molecular weight excluding hydrogens is 443 g/mol. The van der Waals surface area contributed by atoms with Gasteiger partial charge < -0.3 is 25.0 Å². The van der Waals surface area contributed by atoms with Gasteiger partial charge in [0.25, 0.3) is 0 Å². The van der Waals surface area contributed by atoms with Gasteiger partial charge in [-0.15, -0.1) is 0 Å². The molecule has 13 heteroatoms. The first kappa shape index (κ1) is 23.0. The lowest BCUT2D eigenvalue weighted by atomic mass is 9.88. The van der Waals surface area contributed by atoms with Gasteiger partial charge in [0.1, 0.15) is 12.5 Å². The molecular formula is C20H24F3N7O3. The van der Waals surface area contributed by atoms with Crippen molar-refractivity contribution in [1.82, 2.24) is 24.8 Å². The topological polar surface area (TPSA) is 120 Å². The average Bonchev–Trinajstić information content (AvgIpc) is 2.75. The third-order valence-corrected chi connectivity index (χ3v) is 5.60. The standard InChI is InChI=1S/C20H24F3N7O3/c1-29(17(31)9-20(21,22)23)13-6-14(7-13)33-16-8-15(12-10-25-18(24)26-11-12)27-19(28-16)30-2-4-32-5-3-30/h8,10-11,13-14H,2-7,9H2,1H3,(H2,24,25,26). The minimum absolute atomic E-state index is 0.141. The molecule has 3 heterocycles. The summed E-state index contributed by atoms with van der Waals surface area (Å²) in [6, 6.07) is 1.35. The van der Waals surface area contributed by atoms with Crippen LogP contribution in [0.4, 0.5) is 25.1 Å².